The maximum absolute atomic E-state index is 3.46. The Labute approximate surface area is 69.5 Å². The molecule has 1 heterocycles. The van der Waals surface area contributed by atoms with Gasteiger partial charge in [0, 0.05) is 23.3 Å². The standard InChI is InChI=1S/C8H10BrN/c9-7-2-1-5-10(6-7)8-3-4-8/h1-2,6,8H,3-5H2. The van der Waals surface area contributed by atoms with Crippen molar-refractivity contribution in [3.05, 3.63) is 22.8 Å². The lowest BCUT2D eigenvalue weighted by Gasteiger charge is -2.20. The summed E-state index contributed by atoms with van der Waals surface area (Å²) < 4.78 is 1.20. The van der Waals surface area contributed by atoms with Crippen LogP contribution in [0, 0.1) is 0 Å². The molecule has 0 saturated heterocycles. The molecule has 2 rings (SSSR count). The second kappa shape index (κ2) is 2.42. The van der Waals surface area contributed by atoms with E-state index in [4.69, 9.17) is 0 Å². The summed E-state index contributed by atoms with van der Waals surface area (Å²) in [6.45, 7) is 1.10. The first-order chi connectivity index (χ1) is 4.86. The topological polar surface area (TPSA) is 3.24 Å². The molecule has 1 aliphatic carbocycles. The Morgan fingerprint density at radius 1 is 1.50 bits per heavy atom. The minimum Gasteiger partial charge on any atom is -0.370 e. The van der Waals surface area contributed by atoms with Gasteiger partial charge >= 0.3 is 0 Å². The van der Waals surface area contributed by atoms with Crippen LogP contribution in [0.3, 0.4) is 0 Å². The molecule has 0 spiro atoms. The first kappa shape index (κ1) is 6.47. The lowest BCUT2D eigenvalue weighted by molar-refractivity contribution is 0.401. The van der Waals surface area contributed by atoms with E-state index in [9.17, 15) is 0 Å². The number of hydrogen-bond donors (Lipinski definition) is 0. The summed E-state index contributed by atoms with van der Waals surface area (Å²) in [6.07, 6.45) is 9.26. The Bertz CT molecular complexity index is 191. The van der Waals surface area contributed by atoms with Crippen molar-refractivity contribution in [1.29, 1.82) is 0 Å². The van der Waals surface area contributed by atoms with Gasteiger partial charge in [-0.1, -0.05) is 6.08 Å². The molecule has 0 N–H and O–H groups in total. The van der Waals surface area contributed by atoms with Crippen molar-refractivity contribution in [2.75, 3.05) is 6.54 Å². The predicted molar refractivity (Wildman–Crippen MR) is 45.9 cm³/mol. The first-order valence-corrected chi connectivity index (χ1v) is 4.45. The molecule has 1 nitrogen and oxygen atoms in total. The van der Waals surface area contributed by atoms with Crippen LogP contribution in [0.25, 0.3) is 0 Å². The molecule has 0 aromatic rings. The average Bonchev–Trinajstić information content (AvgIpc) is 2.68. The molecular formula is C8H10BrN. The minimum atomic E-state index is 0.845. The normalized spacial score (nSPS) is 24.9. The zero-order valence-corrected chi connectivity index (χ0v) is 7.34. The van der Waals surface area contributed by atoms with Gasteiger partial charge in [-0.15, -0.1) is 0 Å². The lowest BCUT2D eigenvalue weighted by atomic mass is 10.3. The van der Waals surface area contributed by atoms with E-state index in [0.717, 1.165) is 12.6 Å². The molecule has 1 fully saturated rings. The van der Waals surface area contributed by atoms with Crippen LogP contribution in [0.5, 0.6) is 0 Å². The van der Waals surface area contributed by atoms with Crippen molar-refractivity contribution < 1.29 is 0 Å². The quantitative estimate of drug-likeness (QED) is 0.627. The van der Waals surface area contributed by atoms with Crippen molar-refractivity contribution in [1.82, 2.24) is 4.90 Å². The summed E-state index contributed by atoms with van der Waals surface area (Å²) in [5, 5.41) is 0. The van der Waals surface area contributed by atoms with Gasteiger partial charge < -0.3 is 4.90 Å². The van der Waals surface area contributed by atoms with Gasteiger partial charge in [-0.05, 0) is 34.8 Å². The van der Waals surface area contributed by atoms with Gasteiger partial charge in [0.25, 0.3) is 0 Å². The molecular weight excluding hydrogens is 190 g/mol. The first-order valence-electron chi connectivity index (χ1n) is 3.66. The third kappa shape index (κ3) is 1.26. The highest BCUT2D eigenvalue weighted by molar-refractivity contribution is 9.11. The van der Waals surface area contributed by atoms with Crippen LogP contribution in [-0.2, 0) is 0 Å². The van der Waals surface area contributed by atoms with E-state index in [-0.39, 0.29) is 0 Å². The van der Waals surface area contributed by atoms with Gasteiger partial charge in [-0.3, -0.25) is 0 Å². The molecule has 1 aliphatic heterocycles. The number of allylic oxidation sites excluding steroid dienone is 2. The zero-order valence-electron chi connectivity index (χ0n) is 5.76. The summed E-state index contributed by atoms with van der Waals surface area (Å²) >= 11 is 3.46. The molecule has 10 heavy (non-hydrogen) atoms. The smallest absolute Gasteiger partial charge is 0.0361 e. The molecule has 2 heteroatoms. The van der Waals surface area contributed by atoms with Crippen LogP contribution in [0.1, 0.15) is 12.8 Å². The van der Waals surface area contributed by atoms with Crippen LogP contribution < -0.4 is 0 Å². The Morgan fingerprint density at radius 2 is 2.30 bits per heavy atom. The second-order valence-electron chi connectivity index (χ2n) is 2.84. The molecule has 0 radical (unpaired) electrons. The minimum absolute atomic E-state index is 0.845. The summed E-state index contributed by atoms with van der Waals surface area (Å²) in [5.41, 5.74) is 0. The van der Waals surface area contributed by atoms with Gasteiger partial charge in [0.05, 0.1) is 0 Å². The van der Waals surface area contributed by atoms with Gasteiger partial charge in [0.15, 0.2) is 0 Å². The van der Waals surface area contributed by atoms with E-state index < -0.39 is 0 Å². The van der Waals surface area contributed by atoms with Gasteiger partial charge in [-0.2, -0.15) is 0 Å². The van der Waals surface area contributed by atoms with E-state index >= 15 is 0 Å². The highest BCUT2D eigenvalue weighted by atomic mass is 79.9. The van der Waals surface area contributed by atoms with Crippen LogP contribution in [0.15, 0.2) is 22.8 Å². The van der Waals surface area contributed by atoms with Crippen molar-refractivity contribution in [2.24, 2.45) is 0 Å². The largest absolute Gasteiger partial charge is 0.370 e. The number of rotatable bonds is 1. The maximum atomic E-state index is 3.46. The van der Waals surface area contributed by atoms with E-state index in [1.54, 1.807) is 0 Å². The SMILES string of the molecule is BrC1=CN(C2CC2)CC=C1. The maximum Gasteiger partial charge on any atom is 0.0361 e. The summed E-state index contributed by atoms with van der Waals surface area (Å²) in [6, 6.07) is 0.845. The van der Waals surface area contributed by atoms with Gasteiger partial charge in [0.1, 0.15) is 0 Å². The fourth-order valence-corrected chi connectivity index (χ4v) is 1.65. The molecule has 0 amide bonds. The number of halogens is 1. The number of hydrogen-bond acceptors (Lipinski definition) is 1. The molecule has 0 unspecified atom stereocenters. The molecule has 54 valence electrons. The third-order valence-electron chi connectivity index (χ3n) is 1.90. The van der Waals surface area contributed by atoms with Crippen LogP contribution >= 0.6 is 15.9 Å². The van der Waals surface area contributed by atoms with Gasteiger partial charge in [-0.25, -0.2) is 0 Å². The van der Waals surface area contributed by atoms with Gasteiger partial charge in [0.2, 0.25) is 0 Å². The van der Waals surface area contributed by atoms with Crippen LogP contribution in [0.2, 0.25) is 0 Å². The van der Waals surface area contributed by atoms with E-state index in [1.165, 1.54) is 17.3 Å². The molecule has 0 aromatic carbocycles. The molecule has 0 bridgehead atoms. The lowest BCUT2D eigenvalue weighted by Crippen LogP contribution is -2.21. The summed E-state index contributed by atoms with van der Waals surface area (Å²) in [5.74, 6) is 0. The Morgan fingerprint density at radius 3 is 2.90 bits per heavy atom. The molecule has 0 atom stereocenters. The average molecular weight is 200 g/mol. The zero-order chi connectivity index (χ0) is 6.97. The van der Waals surface area contributed by atoms with E-state index in [0.29, 0.717) is 0 Å². The second-order valence-corrected chi connectivity index (χ2v) is 3.76. The summed E-state index contributed by atoms with van der Waals surface area (Å²) in [7, 11) is 0. The molecule has 1 saturated carbocycles. The fourth-order valence-electron chi connectivity index (χ4n) is 1.20. The van der Waals surface area contributed by atoms with Crippen LogP contribution in [-0.4, -0.2) is 17.5 Å². The fraction of sp³-hybridized carbons (Fsp3) is 0.500. The molecule has 0 aromatic heterocycles. The Balaban J connectivity index is 2.05. The third-order valence-corrected chi connectivity index (χ3v) is 2.37. The Hall–Kier alpha value is -0.240. The highest BCUT2D eigenvalue weighted by Gasteiger charge is 2.26. The monoisotopic (exact) mass is 199 g/mol. The molecule has 2 aliphatic rings. The van der Waals surface area contributed by atoms with Crippen molar-refractivity contribution in [2.45, 2.75) is 18.9 Å². The summed E-state index contributed by atoms with van der Waals surface area (Å²) in [4.78, 5) is 2.39. The Kier molecular flexibility index (Phi) is 1.57. The van der Waals surface area contributed by atoms with Crippen molar-refractivity contribution >= 4 is 15.9 Å². The number of nitrogens with zero attached hydrogens (tertiary/aromatic N) is 1. The highest BCUT2D eigenvalue weighted by Crippen LogP contribution is 2.29. The van der Waals surface area contributed by atoms with Crippen molar-refractivity contribution in [3.8, 4) is 0 Å². The van der Waals surface area contributed by atoms with E-state index in [1.807, 2.05) is 0 Å². The van der Waals surface area contributed by atoms with Crippen molar-refractivity contribution in [3.63, 3.8) is 0 Å². The predicted octanol–water partition coefficient (Wildman–Crippen LogP) is 2.26. The van der Waals surface area contributed by atoms with Crippen LogP contribution in [0.4, 0.5) is 0 Å². The van der Waals surface area contributed by atoms with E-state index in [2.05, 4.69) is 39.2 Å².